The number of hydrogen-bond acceptors (Lipinski definition) is 10. The molecule has 0 aliphatic carbocycles. The van der Waals surface area contributed by atoms with E-state index in [2.05, 4.69) is 0 Å². The van der Waals surface area contributed by atoms with Crippen LogP contribution in [0.25, 0.3) is 0 Å². The molecule has 0 unspecified atom stereocenters. The standard InChI is InChI=1S/C18H14Cl2O7.C14H12O3/c1-5-9-16(11(20)13(22)10(5)19)26-14-6(2)8(17(23)25-4)12(21)7(3)15(14)27-18(9)24;1-17-11-7-8-12(13(15)9-11)14(16)10-5-3-2-4-6-10/h21-22H,1-4H3;2-9,15H,1H3. The SMILES string of the molecule is COC(=O)c1c(C)c2c(c(C)c1O)OC(=O)c1c(C)c(Cl)c(O)c(Cl)c1O2.COc1ccc(C(=O)c2ccccc2)c(O)c1. The zero-order valence-electron chi connectivity index (χ0n) is 24.1. The molecule has 3 N–H and O–H groups in total. The first-order chi connectivity index (χ1) is 20.8. The summed E-state index contributed by atoms with van der Waals surface area (Å²) in [6.07, 6.45) is 0. The number of rotatable bonds is 4. The molecule has 0 aromatic heterocycles. The van der Waals surface area contributed by atoms with E-state index >= 15 is 0 Å². The number of hydrogen-bond donors (Lipinski definition) is 3. The normalized spacial score (nSPS) is 11.5. The minimum Gasteiger partial charge on any atom is -0.507 e. The summed E-state index contributed by atoms with van der Waals surface area (Å²) >= 11 is 12.2. The van der Waals surface area contributed by atoms with Gasteiger partial charge in [0, 0.05) is 22.8 Å². The minimum absolute atomic E-state index is 0.0131. The van der Waals surface area contributed by atoms with Gasteiger partial charge in [0.25, 0.3) is 0 Å². The molecule has 10 nitrogen and oxygen atoms in total. The smallest absolute Gasteiger partial charge is 0.347 e. The molecule has 4 aromatic carbocycles. The number of halogens is 2. The van der Waals surface area contributed by atoms with Crippen LogP contribution in [0.4, 0.5) is 0 Å². The number of benzene rings is 4. The quantitative estimate of drug-likeness (QED) is 0.120. The van der Waals surface area contributed by atoms with E-state index in [1.165, 1.54) is 41.1 Å². The van der Waals surface area contributed by atoms with Crippen molar-refractivity contribution in [3.8, 4) is 40.2 Å². The summed E-state index contributed by atoms with van der Waals surface area (Å²) in [5.74, 6) is -2.49. The first kappa shape index (κ1) is 32.0. The molecule has 0 amide bonds. The lowest BCUT2D eigenvalue weighted by Crippen LogP contribution is -2.11. The van der Waals surface area contributed by atoms with Crippen molar-refractivity contribution in [2.75, 3.05) is 14.2 Å². The van der Waals surface area contributed by atoms with E-state index in [1.807, 2.05) is 6.07 Å². The highest BCUT2D eigenvalue weighted by atomic mass is 35.5. The number of phenols is 3. The summed E-state index contributed by atoms with van der Waals surface area (Å²) in [5, 5.41) is 29.9. The molecule has 5 rings (SSSR count). The van der Waals surface area contributed by atoms with Gasteiger partial charge in [0.15, 0.2) is 28.8 Å². The third-order valence-electron chi connectivity index (χ3n) is 6.88. The van der Waals surface area contributed by atoms with Gasteiger partial charge in [-0.15, -0.1) is 0 Å². The fraction of sp³-hybridized carbons (Fsp3) is 0.156. The van der Waals surface area contributed by atoms with Crippen LogP contribution in [0, 0.1) is 20.8 Å². The van der Waals surface area contributed by atoms with E-state index in [0.29, 0.717) is 11.3 Å². The van der Waals surface area contributed by atoms with Crippen LogP contribution in [0.1, 0.15) is 53.3 Å². The van der Waals surface area contributed by atoms with Crippen molar-refractivity contribution in [1.82, 2.24) is 0 Å². The van der Waals surface area contributed by atoms with Gasteiger partial charge in [-0.1, -0.05) is 53.5 Å². The fourth-order valence-electron chi connectivity index (χ4n) is 4.46. The number of aromatic hydroxyl groups is 3. The Hall–Kier alpha value is -4.93. The van der Waals surface area contributed by atoms with Crippen molar-refractivity contribution >= 4 is 40.9 Å². The predicted molar refractivity (Wildman–Crippen MR) is 161 cm³/mol. The number of ketones is 1. The van der Waals surface area contributed by atoms with E-state index in [-0.39, 0.29) is 72.2 Å². The average molecular weight is 641 g/mol. The van der Waals surface area contributed by atoms with Crippen molar-refractivity contribution in [2.24, 2.45) is 0 Å². The lowest BCUT2D eigenvalue weighted by atomic mass is 10.0. The molecule has 0 fully saturated rings. The Morgan fingerprint density at radius 1 is 0.773 bits per heavy atom. The largest absolute Gasteiger partial charge is 0.507 e. The monoisotopic (exact) mass is 640 g/mol. The number of methoxy groups -OCH3 is 2. The van der Waals surface area contributed by atoms with Gasteiger partial charge in [-0.25, -0.2) is 9.59 Å². The first-order valence-corrected chi connectivity index (χ1v) is 13.6. The highest BCUT2D eigenvalue weighted by molar-refractivity contribution is 6.39. The summed E-state index contributed by atoms with van der Waals surface area (Å²) in [6.45, 7) is 4.43. The number of phenolic OH excluding ortho intramolecular Hbond substituents is 3. The molecule has 1 aliphatic rings. The molecule has 228 valence electrons. The summed E-state index contributed by atoms with van der Waals surface area (Å²) in [7, 11) is 2.67. The van der Waals surface area contributed by atoms with Crippen LogP contribution < -0.4 is 14.2 Å². The Morgan fingerprint density at radius 3 is 2.00 bits per heavy atom. The lowest BCUT2D eigenvalue weighted by molar-refractivity contribution is 0.0595. The van der Waals surface area contributed by atoms with Crippen LogP contribution in [0.2, 0.25) is 10.0 Å². The van der Waals surface area contributed by atoms with Crippen molar-refractivity contribution in [2.45, 2.75) is 20.8 Å². The van der Waals surface area contributed by atoms with E-state index in [4.69, 9.17) is 42.1 Å². The molecular weight excluding hydrogens is 615 g/mol. The zero-order valence-corrected chi connectivity index (χ0v) is 25.6. The van der Waals surface area contributed by atoms with Gasteiger partial charge in [0.1, 0.15) is 33.4 Å². The van der Waals surface area contributed by atoms with Crippen LogP contribution in [0.15, 0.2) is 48.5 Å². The van der Waals surface area contributed by atoms with Crippen molar-refractivity contribution < 1.29 is 48.7 Å². The molecule has 44 heavy (non-hydrogen) atoms. The highest BCUT2D eigenvalue weighted by Crippen LogP contribution is 2.52. The third-order valence-corrected chi connectivity index (χ3v) is 7.69. The van der Waals surface area contributed by atoms with Gasteiger partial charge in [0.2, 0.25) is 0 Å². The Bertz CT molecular complexity index is 1820. The molecule has 0 bridgehead atoms. The second-order valence-electron chi connectivity index (χ2n) is 9.50. The van der Waals surface area contributed by atoms with E-state index in [1.54, 1.807) is 36.4 Å². The first-order valence-electron chi connectivity index (χ1n) is 12.9. The van der Waals surface area contributed by atoms with Gasteiger partial charge in [0.05, 0.1) is 24.8 Å². The third kappa shape index (κ3) is 5.69. The van der Waals surface area contributed by atoms with E-state index < -0.39 is 23.4 Å². The van der Waals surface area contributed by atoms with E-state index in [0.717, 1.165) is 0 Å². The van der Waals surface area contributed by atoms with Crippen LogP contribution in [-0.2, 0) is 4.74 Å². The molecule has 1 heterocycles. The number of esters is 2. The summed E-state index contributed by atoms with van der Waals surface area (Å²) in [6, 6.07) is 13.5. The summed E-state index contributed by atoms with van der Waals surface area (Å²) in [5.41, 5.74) is 1.09. The molecule has 1 aliphatic heterocycles. The number of carbonyl (C=O) groups is 3. The van der Waals surface area contributed by atoms with Gasteiger partial charge in [-0.3, -0.25) is 4.79 Å². The zero-order chi connectivity index (χ0) is 32.5. The molecule has 0 atom stereocenters. The van der Waals surface area contributed by atoms with Gasteiger partial charge in [-0.05, 0) is 38.5 Å². The van der Waals surface area contributed by atoms with Crippen molar-refractivity contribution in [1.29, 1.82) is 0 Å². The van der Waals surface area contributed by atoms with Gasteiger partial charge >= 0.3 is 11.9 Å². The highest BCUT2D eigenvalue weighted by Gasteiger charge is 2.35. The molecule has 0 radical (unpaired) electrons. The second kappa shape index (κ2) is 12.7. The molecule has 12 heteroatoms. The number of ether oxygens (including phenoxy) is 4. The fourth-order valence-corrected chi connectivity index (χ4v) is 4.92. The predicted octanol–water partition coefficient (Wildman–Crippen LogP) is 7.07. The minimum atomic E-state index is -0.835. The molecule has 0 saturated heterocycles. The van der Waals surface area contributed by atoms with Gasteiger partial charge in [-0.2, -0.15) is 0 Å². The molecule has 4 aromatic rings. The molecular formula is C32H26Cl2O10. The number of carbonyl (C=O) groups excluding carboxylic acids is 3. The van der Waals surface area contributed by atoms with Crippen molar-refractivity contribution in [3.63, 3.8) is 0 Å². The second-order valence-corrected chi connectivity index (χ2v) is 10.3. The summed E-state index contributed by atoms with van der Waals surface area (Å²) in [4.78, 5) is 36.8. The van der Waals surface area contributed by atoms with Crippen molar-refractivity contribution in [3.05, 3.63) is 97.5 Å². The maximum absolute atomic E-state index is 12.7. The van der Waals surface area contributed by atoms with Crippen LogP contribution in [-0.4, -0.2) is 47.3 Å². The maximum Gasteiger partial charge on any atom is 0.347 e. The maximum atomic E-state index is 12.7. The summed E-state index contributed by atoms with van der Waals surface area (Å²) < 4.78 is 20.9. The van der Waals surface area contributed by atoms with E-state index in [9.17, 15) is 29.7 Å². The Balaban J connectivity index is 0.000000223. The Kier molecular flexibility index (Phi) is 9.27. The van der Waals surface area contributed by atoms with Crippen LogP contribution in [0.5, 0.6) is 40.2 Å². The molecule has 0 saturated carbocycles. The van der Waals surface area contributed by atoms with Crippen LogP contribution >= 0.6 is 23.2 Å². The van der Waals surface area contributed by atoms with Crippen LogP contribution in [0.3, 0.4) is 0 Å². The Morgan fingerprint density at radius 2 is 1.41 bits per heavy atom. The van der Waals surface area contributed by atoms with Gasteiger partial charge < -0.3 is 34.3 Å². The topological polar surface area (TPSA) is 149 Å². The lowest BCUT2D eigenvalue weighted by Gasteiger charge is -2.17. The average Bonchev–Trinajstić information content (AvgIpc) is 3.18. The molecule has 0 spiro atoms. The number of fused-ring (bicyclic) bond motifs is 2. The Labute approximate surface area is 261 Å².